The molecule has 0 aliphatic rings. The number of rotatable bonds is 5. The molecule has 0 aliphatic carbocycles. The molecule has 0 aromatic heterocycles. The van der Waals surface area contributed by atoms with Crippen molar-refractivity contribution in [2.75, 3.05) is 7.11 Å². The Hall–Kier alpha value is -2.36. The van der Waals surface area contributed by atoms with Crippen LogP contribution >= 0.6 is 0 Å². The van der Waals surface area contributed by atoms with Gasteiger partial charge in [0.25, 0.3) is 0 Å². The summed E-state index contributed by atoms with van der Waals surface area (Å²) in [6.07, 6.45) is 2.52. The van der Waals surface area contributed by atoms with Crippen LogP contribution in [-0.2, 0) is 19.1 Å². The van der Waals surface area contributed by atoms with Gasteiger partial charge in [-0.2, -0.15) is 0 Å². The van der Waals surface area contributed by atoms with Gasteiger partial charge in [0, 0.05) is 6.92 Å². The standard InChI is InChI=1S/C15H16O4/c1-11(15(17)18-3)14(19-12(2)16)10-9-13-7-5-4-6-8-13/h4-10,14H,1H2,2-3H3/b10-9+. The maximum atomic E-state index is 11.4. The van der Waals surface area contributed by atoms with Gasteiger partial charge in [-0.1, -0.05) is 43.0 Å². The Morgan fingerprint density at radius 1 is 1.26 bits per heavy atom. The van der Waals surface area contributed by atoms with Gasteiger partial charge >= 0.3 is 11.9 Å². The van der Waals surface area contributed by atoms with Gasteiger partial charge in [0.15, 0.2) is 6.10 Å². The van der Waals surface area contributed by atoms with Gasteiger partial charge in [-0.3, -0.25) is 4.79 Å². The van der Waals surface area contributed by atoms with Crippen molar-refractivity contribution < 1.29 is 19.1 Å². The van der Waals surface area contributed by atoms with Crippen molar-refractivity contribution in [2.24, 2.45) is 0 Å². The summed E-state index contributed by atoms with van der Waals surface area (Å²) < 4.78 is 9.59. The summed E-state index contributed by atoms with van der Waals surface area (Å²) in [5, 5.41) is 0. The summed E-state index contributed by atoms with van der Waals surface area (Å²) in [6.45, 7) is 4.86. The van der Waals surface area contributed by atoms with E-state index in [4.69, 9.17) is 4.74 Å². The monoisotopic (exact) mass is 260 g/mol. The molecule has 19 heavy (non-hydrogen) atoms. The van der Waals surface area contributed by atoms with Crippen molar-refractivity contribution in [3.05, 3.63) is 54.1 Å². The second-order valence-corrected chi connectivity index (χ2v) is 3.82. The average molecular weight is 260 g/mol. The fraction of sp³-hybridized carbons (Fsp3) is 0.200. The van der Waals surface area contributed by atoms with E-state index < -0.39 is 18.0 Å². The van der Waals surface area contributed by atoms with Crippen LogP contribution in [0.2, 0.25) is 0 Å². The third-order valence-electron chi connectivity index (χ3n) is 2.35. The van der Waals surface area contributed by atoms with Gasteiger partial charge in [0.2, 0.25) is 0 Å². The Morgan fingerprint density at radius 3 is 2.42 bits per heavy atom. The molecule has 0 N–H and O–H groups in total. The molecule has 1 atom stereocenters. The van der Waals surface area contributed by atoms with Crippen molar-refractivity contribution in [3.63, 3.8) is 0 Å². The zero-order valence-electron chi connectivity index (χ0n) is 11.0. The minimum atomic E-state index is -0.829. The van der Waals surface area contributed by atoms with Crippen LogP contribution < -0.4 is 0 Å². The summed E-state index contributed by atoms with van der Waals surface area (Å²) in [6, 6.07) is 9.45. The molecular formula is C15H16O4. The quantitative estimate of drug-likeness (QED) is 0.602. The van der Waals surface area contributed by atoms with E-state index in [2.05, 4.69) is 11.3 Å². The highest BCUT2D eigenvalue weighted by atomic mass is 16.6. The van der Waals surface area contributed by atoms with Crippen LogP contribution in [0.25, 0.3) is 6.08 Å². The lowest BCUT2D eigenvalue weighted by molar-refractivity contribution is -0.144. The Labute approximate surface area is 112 Å². The van der Waals surface area contributed by atoms with Crippen LogP contribution in [0.5, 0.6) is 0 Å². The van der Waals surface area contributed by atoms with Gasteiger partial charge in [-0.05, 0) is 11.6 Å². The van der Waals surface area contributed by atoms with Crippen molar-refractivity contribution in [2.45, 2.75) is 13.0 Å². The molecule has 4 nitrogen and oxygen atoms in total. The summed E-state index contributed by atoms with van der Waals surface area (Å²) in [4.78, 5) is 22.4. The Balaban J connectivity index is 2.86. The minimum absolute atomic E-state index is 0.0740. The Bertz CT molecular complexity index is 488. The Kier molecular flexibility index (Phi) is 5.54. The molecule has 0 fully saturated rings. The van der Waals surface area contributed by atoms with Crippen molar-refractivity contribution in [3.8, 4) is 0 Å². The van der Waals surface area contributed by atoms with E-state index in [-0.39, 0.29) is 5.57 Å². The van der Waals surface area contributed by atoms with Gasteiger partial charge in [-0.25, -0.2) is 4.79 Å². The molecule has 1 unspecified atom stereocenters. The number of benzene rings is 1. The SMILES string of the molecule is C=C(C(=O)OC)C(/C=C/c1ccccc1)OC(C)=O. The average Bonchev–Trinajstić information content (AvgIpc) is 2.42. The molecule has 0 bridgehead atoms. The lowest BCUT2D eigenvalue weighted by Gasteiger charge is -2.14. The molecule has 1 rings (SSSR count). The molecule has 0 spiro atoms. The van der Waals surface area contributed by atoms with Crippen LogP contribution in [0.1, 0.15) is 12.5 Å². The molecule has 1 aromatic rings. The summed E-state index contributed by atoms with van der Waals surface area (Å²) in [5.74, 6) is -1.10. The minimum Gasteiger partial charge on any atom is -0.466 e. The van der Waals surface area contributed by atoms with E-state index >= 15 is 0 Å². The van der Waals surface area contributed by atoms with Crippen molar-refractivity contribution in [1.29, 1.82) is 0 Å². The van der Waals surface area contributed by atoms with Crippen LogP contribution in [0.4, 0.5) is 0 Å². The number of ether oxygens (including phenoxy) is 2. The zero-order valence-corrected chi connectivity index (χ0v) is 11.0. The molecule has 0 radical (unpaired) electrons. The lowest BCUT2D eigenvalue weighted by atomic mass is 10.1. The third-order valence-corrected chi connectivity index (χ3v) is 2.35. The van der Waals surface area contributed by atoms with E-state index in [1.807, 2.05) is 30.3 Å². The number of methoxy groups -OCH3 is 1. The molecule has 0 saturated heterocycles. The van der Waals surface area contributed by atoms with E-state index in [0.717, 1.165) is 5.56 Å². The highest BCUT2D eigenvalue weighted by Gasteiger charge is 2.19. The topological polar surface area (TPSA) is 52.6 Å². The highest BCUT2D eigenvalue weighted by Crippen LogP contribution is 2.11. The number of esters is 2. The number of hydrogen-bond acceptors (Lipinski definition) is 4. The molecular weight excluding hydrogens is 244 g/mol. The molecule has 100 valence electrons. The molecule has 0 aliphatic heterocycles. The first-order chi connectivity index (χ1) is 9.04. The highest BCUT2D eigenvalue weighted by molar-refractivity contribution is 5.90. The van der Waals surface area contributed by atoms with Gasteiger partial charge < -0.3 is 9.47 Å². The molecule has 0 saturated carbocycles. The largest absolute Gasteiger partial charge is 0.466 e. The van der Waals surface area contributed by atoms with Crippen LogP contribution in [0, 0.1) is 0 Å². The summed E-state index contributed by atoms with van der Waals surface area (Å²) in [7, 11) is 1.25. The first-order valence-corrected chi connectivity index (χ1v) is 5.72. The maximum Gasteiger partial charge on any atom is 0.337 e. The van der Waals surface area contributed by atoms with Crippen molar-refractivity contribution >= 4 is 18.0 Å². The molecule has 1 aromatic carbocycles. The number of hydrogen-bond donors (Lipinski definition) is 0. The van der Waals surface area contributed by atoms with E-state index in [9.17, 15) is 9.59 Å². The second-order valence-electron chi connectivity index (χ2n) is 3.82. The third kappa shape index (κ3) is 4.79. The predicted molar refractivity (Wildman–Crippen MR) is 72.2 cm³/mol. The summed E-state index contributed by atoms with van der Waals surface area (Å²) >= 11 is 0. The fourth-order valence-corrected chi connectivity index (χ4v) is 1.42. The van der Waals surface area contributed by atoms with Crippen LogP contribution in [0.15, 0.2) is 48.6 Å². The van der Waals surface area contributed by atoms with E-state index in [1.54, 1.807) is 12.2 Å². The first-order valence-electron chi connectivity index (χ1n) is 5.72. The normalized spacial score (nSPS) is 11.9. The molecule has 4 heteroatoms. The number of carbonyl (C=O) groups is 2. The predicted octanol–water partition coefficient (Wildman–Crippen LogP) is 2.36. The lowest BCUT2D eigenvalue weighted by Crippen LogP contribution is -2.22. The van der Waals surface area contributed by atoms with Crippen LogP contribution in [0.3, 0.4) is 0 Å². The summed E-state index contributed by atoms with van der Waals surface area (Å²) in [5.41, 5.74) is 1.00. The number of carbonyl (C=O) groups excluding carboxylic acids is 2. The zero-order chi connectivity index (χ0) is 14.3. The fourth-order valence-electron chi connectivity index (χ4n) is 1.42. The molecule has 0 heterocycles. The smallest absolute Gasteiger partial charge is 0.337 e. The van der Waals surface area contributed by atoms with Gasteiger partial charge in [0.05, 0.1) is 12.7 Å². The maximum absolute atomic E-state index is 11.4. The van der Waals surface area contributed by atoms with E-state index in [0.29, 0.717) is 0 Å². The second kappa shape index (κ2) is 7.16. The van der Waals surface area contributed by atoms with Gasteiger partial charge in [0.1, 0.15) is 0 Å². The van der Waals surface area contributed by atoms with Crippen molar-refractivity contribution in [1.82, 2.24) is 0 Å². The first kappa shape index (κ1) is 14.7. The van der Waals surface area contributed by atoms with E-state index in [1.165, 1.54) is 14.0 Å². The Morgan fingerprint density at radius 2 is 1.89 bits per heavy atom. The molecule has 0 amide bonds. The van der Waals surface area contributed by atoms with Crippen LogP contribution in [-0.4, -0.2) is 25.2 Å². The van der Waals surface area contributed by atoms with Gasteiger partial charge in [-0.15, -0.1) is 0 Å².